The first kappa shape index (κ1) is 15.3. The number of nitrogens with zero attached hydrogens (tertiary/aromatic N) is 1. The van der Waals surface area contributed by atoms with Gasteiger partial charge in [0.2, 0.25) is 0 Å². The average Bonchev–Trinajstić information content (AvgIpc) is 2.82. The molecule has 1 aromatic rings. The lowest BCUT2D eigenvalue weighted by molar-refractivity contribution is 0.00130. The fourth-order valence-corrected chi connectivity index (χ4v) is 2.35. The molecule has 0 spiro atoms. The first-order chi connectivity index (χ1) is 9.36. The van der Waals surface area contributed by atoms with Gasteiger partial charge in [-0.1, -0.05) is 12.8 Å². The molecule has 4 nitrogen and oxygen atoms in total. The van der Waals surface area contributed by atoms with E-state index in [-0.39, 0.29) is 5.54 Å². The monoisotopic (exact) mass is 278 g/mol. The van der Waals surface area contributed by atoms with Crippen LogP contribution in [0, 0.1) is 0 Å². The Morgan fingerprint density at radius 1 is 1.30 bits per heavy atom. The SMILES string of the molecule is CC(C)(C)NCc1ccc(OCC2(O)CCCC2)cn1. The minimum atomic E-state index is -0.632. The van der Waals surface area contributed by atoms with E-state index < -0.39 is 5.60 Å². The summed E-state index contributed by atoms with van der Waals surface area (Å²) in [5, 5.41) is 13.6. The smallest absolute Gasteiger partial charge is 0.137 e. The summed E-state index contributed by atoms with van der Waals surface area (Å²) in [6, 6.07) is 3.89. The Kier molecular flexibility index (Phi) is 4.66. The summed E-state index contributed by atoms with van der Waals surface area (Å²) < 4.78 is 5.66. The maximum absolute atomic E-state index is 10.2. The van der Waals surface area contributed by atoms with Crippen LogP contribution in [0.15, 0.2) is 18.3 Å². The standard InChI is InChI=1S/C16H26N2O2/c1-15(2,3)18-10-13-6-7-14(11-17-13)20-12-16(19)8-4-5-9-16/h6-7,11,18-19H,4-5,8-10,12H2,1-3H3. The van der Waals surface area contributed by atoms with Crippen molar-refractivity contribution in [3.63, 3.8) is 0 Å². The van der Waals surface area contributed by atoms with Crippen molar-refractivity contribution < 1.29 is 9.84 Å². The van der Waals surface area contributed by atoms with E-state index in [0.29, 0.717) is 6.61 Å². The van der Waals surface area contributed by atoms with Gasteiger partial charge in [-0.15, -0.1) is 0 Å². The Labute approximate surface area is 121 Å². The van der Waals surface area contributed by atoms with Crippen molar-refractivity contribution in [3.05, 3.63) is 24.0 Å². The molecule has 0 bridgehead atoms. The molecular formula is C16H26N2O2. The van der Waals surface area contributed by atoms with E-state index in [4.69, 9.17) is 4.74 Å². The molecular weight excluding hydrogens is 252 g/mol. The van der Waals surface area contributed by atoms with Crippen molar-refractivity contribution in [2.45, 2.75) is 64.1 Å². The molecule has 0 atom stereocenters. The predicted octanol–water partition coefficient (Wildman–Crippen LogP) is 2.65. The van der Waals surface area contributed by atoms with Gasteiger partial charge < -0.3 is 15.2 Å². The van der Waals surface area contributed by atoms with Crippen molar-refractivity contribution in [1.82, 2.24) is 10.3 Å². The highest BCUT2D eigenvalue weighted by atomic mass is 16.5. The molecule has 1 aliphatic rings. The van der Waals surface area contributed by atoms with Crippen LogP contribution in [0.2, 0.25) is 0 Å². The van der Waals surface area contributed by atoms with Crippen molar-refractivity contribution in [2.24, 2.45) is 0 Å². The largest absolute Gasteiger partial charge is 0.489 e. The van der Waals surface area contributed by atoms with Crippen molar-refractivity contribution in [1.29, 1.82) is 0 Å². The van der Waals surface area contributed by atoms with Gasteiger partial charge in [0.1, 0.15) is 12.4 Å². The summed E-state index contributed by atoms with van der Waals surface area (Å²) in [5.74, 6) is 0.727. The molecule has 20 heavy (non-hydrogen) atoms. The van der Waals surface area contributed by atoms with Crippen LogP contribution in [0.5, 0.6) is 5.75 Å². The van der Waals surface area contributed by atoms with Crippen molar-refractivity contribution in [3.8, 4) is 5.75 Å². The normalized spacial score (nSPS) is 18.2. The van der Waals surface area contributed by atoms with Crippen LogP contribution in [-0.4, -0.2) is 27.8 Å². The number of nitrogens with one attached hydrogen (secondary N) is 1. The molecule has 0 amide bonds. The zero-order valence-corrected chi connectivity index (χ0v) is 12.8. The third-order valence-corrected chi connectivity index (χ3v) is 3.64. The van der Waals surface area contributed by atoms with Gasteiger partial charge in [0.25, 0.3) is 0 Å². The van der Waals surface area contributed by atoms with Crippen LogP contribution in [0.25, 0.3) is 0 Å². The lowest BCUT2D eigenvalue weighted by Crippen LogP contribution is -2.35. The van der Waals surface area contributed by atoms with Crippen LogP contribution in [0.4, 0.5) is 0 Å². The molecule has 112 valence electrons. The van der Waals surface area contributed by atoms with E-state index in [1.165, 1.54) is 0 Å². The van der Waals surface area contributed by atoms with Crippen molar-refractivity contribution >= 4 is 0 Å². The highest BCUT2D eigenvalue weighted by molar-refractivity contribution is 5.20. The van der Waals surface area contributed by atoms with Gasteiger partial charge in [-0.25, -0.2) is 0 Å². The number of rotatable bonds is 5. The summed E-state index contributed by atoms with van der Waals surface area (Å²) in [5.41, 5.74) is 0.446. The molecule has 1 heterocycles. The molecule has 0 radical (unpaired) electrons. The Balaban J connectivity index is 1.82. The second-order valence-corrected chi connectivity index (χ2v) is 6.81. The van der Waals surface area contributed by atoms with Gasteiger partial charge in [-0.3, -0.25) is 4.98 Å². The van der Waals surface area contributed by atoms with Gasteiger partial charge in [0, 0.05) is 12.1 Å². The quantitative estimate of drug-likeness (QED) is 0.869. The van der Waals surface area contributed by atoms with Gasteiger partial charge >= 0.3 is 0 Å². The molecule has 1 saturated carbocycles. The van der Waals surface area contributed by atoms with Gasteiger partial charge in [-0.05, 0) is 45.7 Å². The summed E-state index contributed by atoms with van der Waals surface area (Å²) in [6.07, 6.45) is 5.60. The maximum Gasteiger partial charge on any atom is 0.137 e. The highest BCUT2D eigenvalue weighted by Gasteiger charge is 2.31. The molecule has 2 rings (SSSR count). The van der Waals surface area contributed by atoms with E-state index in [0.717, 1.165) is 43.7 Å². The van der Waals surface area contributed by atoms with Crippen LogP contribution >= 0.6 is 0 Å². The molecule has 0 saturated heterocycles. The third kappa shape index (κ3) is 4.76. The number of aromatic nitrogens is 1. The van der Waals surface area contributed by atoms with Crippen LogP contribution in [0.3, 0.4) is 0 Å². The zero-order valence-electron chi connectivity index (χ0n) is 12.8. The van der Waals surface area contributed by atoms with E-state index in [2.05, 4.69) is 31.1 Å². The average molecular weight is 278 g/mol. The molecule has 0 unspecified atom stereocenters. The predicted molar refractivity (Wildman–Crippen MR) is 79.7 cm³/mol. The maximum atomic E-state index is 10.2. The van der Waals surface area contributed by atoms with E-state index in [1.54, 1.807) is 6.20 Å². The molecule has 2 N–H and O–H groups in total. The van der Waals surface area contributed by atoms with Crippen LogP contribution in [-0.2, 0) is 6.54 Å². The summed E-state index contributed by atoms with van der Waals surface area (Å²) in [7, 11) is 0. The summed E-state index contributed by atoms with van der Waals surface area (Å²) >= 11 is 0. The minimum Gasteiger partial charge on any atom is -0.489 e. The molecule has 1 fully saturated rings. The fraction of sp³-hybridized carbons (Fsp3) is 0.688. The molecule has 1 aromatic heterocycles. The number of aliphatic hydroxyl groups is 1. The Hall–Kier alpha value is -1.13. The van der Waals surface area contributed by atoms with E-state index >= 15 is 0 Å². The Bertz CT molecular complexity index is 417. The summed E-state index contributed by atoms with van der Waals surface area (Å²) in [6.45, 7) is 7.51. The minimum absolute atomic E-state index is 0.0859. The van der Waals surface area contributed by atoms with Crippen LogP contribution < -0.4 is 10.1 Å². The topological polar surface area (TPSA) is 54.4 Å². The number of ether oxygens (including phenoxy) is 1. The van der Waals surface area contributed by atoms with Crippen LogP contribution in [0.1, 0.15) is 52.1 Å². The zero-order chi connectivity index (χ0) is 14.6. The van der Waals surface area contributed by atoms with Crippen molar-refractivity contribution in [2.75, 3.05) is 6.61 Å². The number of hydrogen-bond acceptors (Lipinski definition) is 4. The Morgan fingerprint density at radius 3 is 2.55 bits per heavy atom. The lowest BCUT2D eigenvalue weighted by Gasteiger charge is -2.22. The first-order valence-corrected chi connectivity index (χ1v) is 7.42. The van der Waals surface area contributed by atoms with Gasteiger partial charge in [0.05, 0.1) is 17.5 Å². The highest BCUT2D eigenvalue weighted by Crippen LogP contribution is 2.29. The molecule has 0 aliphatic heterocycles. The lowest BCUT2D eigenvalue weighted by atomic mass is 10.0. The second-order valence-electron chi connectivity index (χ2n) is 6.81. The summed E-state index contributed by atoms with van der Waals surface area (Å²) in [4.78, 5) is 4.38. The first-order valence-electron chi connectivity index (χ1n) is 7.42. The fourth-order valence-electron chi connectivity index (χ4n) is 2.35. The van der Waals surface area contributed by atoms with E-state index in [1.807, 2.05) is 12.1 Å². The van der Waals surface area contributed by atoms with E-state index in [9.17, 15) is 5.11 Å². The number of pyridine rings is 1. The molecule has 4 heteroatoms. The van der Waals surface area contributed by atoms with Gasteiger partial charge in [0.15, 0.2) is 0 Å². The molecule has 0 aromatic carbocycles. The Morgan fingerprint density at radius 2 is 2.00 bits per heavy atom. The number of hydrogen-bond donors (Lipinski definition) is 2. The second kappa shape index (κ2) is 6.10. The molecule has 1 aliphatic carbocycles. The third-order valence-electron chi connectivity index (χ3n) is 3.64. The van der Waals surface area contributed by atoms with Gasteiger partial charge in [-0.2, -0.15) is 0 Å².